The Hall–Kier alpha value is -1.90. The fourth-order valence-electron chi connectivity index (χ4n) is 1.60. The lowest BCUT2D eigenvalue weighted by Gasteiger charge is -2.31. The second kappa shape index (κ2) is 5.17. The lowest BCUT2D eigenvalue weighted by molar-refractivity contribution is -0.120. The summed E-state index contributed by atoms with van der Waals surface area (Å²) in [5.41, 5.74) is 6.43. The van der Waals surface area contributed by atoms with E-state index in [4.69, 9.17) is 11.0 Å². The van der Waals surface area contributed by atoms with E-state index < -0.39 is 12.7 Å². The molecule has 0 saturated heterocycles. The van der Waals surface area contributed by atoms with Crippen LogP contribution in [0.15, 0.2) is 18.2 Å². The molecule has 0 heterocycles. The van der Waals surface area contributed by atoms with Crippen molar-refractivity contribution in [1.82, 2.24) is 0 Å². The number of nitrogens with two attached hydrogens (primary N) is 1. The van der Waals surface area contributed by atoms with Gasteiger partial charge in [-0.2, -0.15) is 18.4 Å². The first-order valence-electron chi connectivity index (χ1n) is 5.37. The second-order valence-electron chi connectivity index (χ2n) is 4.22. The molecule has 2 N–H and O–H groups in total. The monoisotopic (exact) mass is 257 g/mol. The summed E-state index contributed by atoms with van der Waals surface area (Å²) in [6.07, 6.45) is -4.32. The SMILES string of the molecule is CC(C)N(CC(F)(F)F)c1cc(C#N)ccc1N. The molecule has 0 amide bonds. The lowest BCUT2D eigenvalue weighted by Crippen LogP contribution is -2.39. The third-order valence-corrected chi connectivity index (χ3v) is 2.44. The first-order valence-corrected chi connectivity index (χ1v) is 5.37. The number of hydrogen-bond acceptors (Lipinski definition) is 3. The zero-order valence-corrected chi connectivity index (χ0v) is 10.1. The molecule has 18 heavy (non-hydrogen) atoms. The Kier molecular flexibility index (Phi) is 4.07. The maximum absolute atomic E-state index is 12.5. The average molecular weight is 257 g/mol. The van der Waals surface area contributed by atoms with E-state index in [-0.39, 0.29) is 23.0 Å². The van der Waals surface area contributed by atoms with Gasteiger partial charge in [-0.15, -0.1) is 0 Å². The number of nitriles is 1. The molecule has 0 radical (unpaired) electrons. The van der Waals surface area contributed by atoms with Crippen molar-refractivity contribution in [3.63, 3.8) is 0 Å². The Morgan fingerprint density at radius 3 is 2.44 bits per heavy atom. The maximum atomic E-state index is 12.5. The number of benzene rings is 1. The van der Waals surface area contributed by atoms with Gasteiger partial charge in [-0.05, 0) is 32.0 Å². The normalized spacial score (nSPS) is 11.4. The van der Waals surface area contributed by atoms with E-state index in [2.05, 4.69) is 0 Å². The smallest absolute Gasteiger partial charge is 0.397 e. The van der Waals surface area contributed by atoms with Crippen molar-refractivity contribution in [3.8, 4) is 6.07 Å². The first-order chi connectivity index (χ1) is 8.24. The van der Waals surface area contributed by atoms with Gasteiger partial charge < -0.3 is 10.6 Å². The van der Waals surface area contributed by atoms with Gasteiger partial charge in [-0.1, -0.05) is 0 Å². The van der Waals surface area contributed by atoms with Crippen molar-refractivity contribution in [2.24, 2.45) is 0 Å². The van der Waals surface area contributed by atoms with E-state index in [0.29, 0.717) is 0 Å². The zero-order valence-electron chi connectivity index (χ0n) is 10.1. The van der Waals surface area contributed by atoms with Crippen molar-refractivity contribution in [2.45, 2.75) is 26.1 Å². The predicted octanol–water partition coefficient (Wildman–Crippen LogP) is 2.92. The van der Waals surface area contributed by atoms with Crippen LogP contribution in [0.1, 0.15) is 19.4 Å². The Morgan fingerprint density at radius 1 is 1.39 bits per heavy atom. The van der Waals surface area contributed by atoms with Gasteiger partial charge >= 0.3 is 6.18 Å². The quantitative estimate of drug-likeness (QED) is 0.847. The minimum atomic E-state index is -4.32. The number of nitrogens with zero attached hydrogens (tertiary/aromatic N) is 2. The van der Waals surface area contributed by atoms with E-state index in [1.54, 1.807) is 13.8 Å². The minimum Gasteiger partial charge on any atom is -0.397 e. The van der Waals surface area contributed by atoms with Crippen LogP contribution in [0.5, 0.6) is 0 Å². The summed E-state index contributed by atoms with van der Waals surface area (Å²) < 4.78 is 37.6. The van der Waals surface area contributed by atoms with Gasteiger partial charge in [0, 0.05) is 6.04 Å². The number of rotatable bonds is 3. The van der Waals surface area contributed by atoms with Crippen LogP contribution in [0, 0.1) is 11.3 Å². The molecular formula is C12H14F3N3. The maximum Gasteiger partial charge on any atom is 0.405 e. The van der Waals surface area contributed by atoms with Crippen molar-refractivity contribution in [2.75, 3.05) is 17.2 Å². The van der Waals surface area contributed by atoms with Crippen LogP contribution in [-0.4, -0.2) is 18.8 Å². The summed E-state index contributed by atoms with van der Waals surface area (Å²) in [4.78, 5) is 1.14. The van der Waals surface area contributed by atoms with Crippen LogP contribution in [0.4, 0.5) is 24.5 Å². The molecule has 0 saturated carbocycles. The van der Waals surface area contributed by atoms with Crippen LogP contribution >= 0.6 is 0 Å². The van der Waals surface area contributed by atoms with Crippen LogP contribution in [0.25, 0.3) is 0 Å². The van der Waals surface area contributed by atoms with Gasteiger partial charge in [0.2, 0.25) is 0 Å². The van der Waals surface area contributed by atoms with Crippen molar-refractivity contribution < 1.29 is 13.2 Å². The predicted molar refractivity (Wildman–Crippen MR) is 64.1 cm³/mol. The number of hydrogen-bond donors (Lipinski definition) is 1. The summed E-state index contributed by atoms with van der Waals surface area (Å²) in [6, 6.07) is 5.81. The highest BCUT2D eigenvalue weighted by Crippen LogP contribution is 2.29. The molecule has 0 aliphatic heterocycles. The van der Waals surface area contributed by atoms with Gasteiger partial charge in [0.05, 0.1) is 23.0 Å². The highest BCUT2D eigenvalue weighted by molar-refractivity contribution is 5.70. The van der Waals surface area contributed by atoms with Gasteiger partial charge in [0.15, 0.2) is 0 Å². The Labute approximate surface area is 104 Å². The van der Waals surface area contributed by atoms with Crippen LogP contribution in [0.3, 0.4) is 0 Å². The van der Waals surface area contributed by atoms with Crippen LogP contribution in [0.2, 0.25) is 0 Å². The van der Waals surface area contributed by atoms with E-state index in [1.165, 1.54) is 18.2 Å². The fraction of sp³-hybridized carbons (Fsp3) is 0.417. The number of halogens is 3. The molecule has 0 spiro atoms. The molecule has 0 aromatic heterocycles. The summed E-state index contributed by atoms with van der Waals surface area (Å²) in [5.74, 6) is 0. The first kappa shape index (κ1) is 14.2. The molecule has 0 unspecified atom stereocenters. The van der Waals surface area contributed by atoms with Gasteiger partial charge in [-0.3, -0.25) is 0 Å². The fourth-order valence-corrected chi connectivity index (χ4v) is 1.60. The highest BCUT2D eigenvalue weighted by atomic mass is 19.4. The van der Waals surface area contributed by atoms with Crippen molar-refractivity contribution >= 4 is 11.4 Å². The van der Waals surface area contributed by atoms with E-state index >= 15 is 0 Å². The number of alkyl halides is 3. The van der Waals surface area contributed by atoms with Gasteiger partial charge in [-0.25, -0.2) is 0 Å². The molecule has 0 atom stereocenters. The Bertz CT molecular complexity index is 461. The van der Waals surface area contributed by atoms with E-state index in [0.717, 1.165) is 4.90 Å². The number of anilines is 2. The molecule has 0 aliphatic carbocycles. The summed E-state index contributed by atoms with van der Waals surface area (Å²) in [6.45, 7) is 2.19. The molecule has 0 aliphatic rings. The molecule has 1 aromatic carbocycles. The molecule has 6 heteroatoms. The van der Waals surface area contributed by atoms with Gasteiger partial charge in [0.25, 0.3) is 0 Å². The Morgan fingerprint density at radius 2 is 2.00 bits per heavy atom. The largest absolute Gasteiger partial charge is 0.405 e. The molecule has 1 rings (SSSR count). The third kappa shape index (κ3) is 3.55. The summed E-state index contributed by atoms with van der Waals surface area (Å²) in [5, 5.41) is 8.77. The molecular weight excluding hydrogens is 243 g/mol. The van der Waals surface area contributed by atoms with E-state index in [9.17, 15) is 13.2 Å². The summed E-state index contributed by atoms with van der Waals surface area (Å²) in [7, 11) is 0. The van der Waals surface area contributed by atoms with E-state index in [1.807, 2.05) is 6.07 Å². The standard InChI is InChI=1S/C12H14F3N3/c1-8(2)18(7-12(13,14)15)11-5-9(6-16)3-4-10(11)17/h3-5,8H,7,17H2,1-2H3. The average Bonchev–Trinajstić information content (AvgIpc) is 2.25. The topological polar surface area (TPSA) is 53.0 Å². The molecule has 1 aromatic rings. The molecule has 0 fully saturated rings. The Balaban J connectivity index is 3.18. The molecule has 98 valence electrons. The minimum absolute atomic E-state index is 0.229. The zero-order chi connectivity index (χ0) is 13.9. The highest BCUT2D eigenvalue weighted by Gasteiger charge is 2.32. The molecule has 3 nitrogen and oxygen atoms in total. The third-order valence-electron chi connectivity index (χ3n) is 2.44. The second-order valence-corrected chi connectivity index (χ2v) is 4.22. The lowest BCUT2D eigenvalue weighted by atomic mass is 10.1. The van der Waals surface area contributed by atoms with Crippen LogP contribution in [-0.2, 0) is 0 Å². The van der Waals surface area contributed by atoms with Crippen molar-refractivity contribution in [1.29, 1.82) is 5.26 Å². The van der Waals surface area contributed by atoms with Crippen LogP contribution < -0.4 is 10.6 Å². The van der Waals surface area contributed by atoms with Gasteiger partial charge in [0.1, 0.15) is 6.54 Å². The molecule has 0 bridgehead atoms. The number of nitrogen functional groups attached to an aromatic ring is 1. The van der Waals surface area contributed by atoms with Crippen molar-refractivity contribution in [3.05, 3.63) is 23.8 Å². The summed E-state index contributed by atoms with van der Waals surface area (Å²) >= 11 is 0.